The van der Waals surface area contributed by atoms with E-state index in [-0.39, 0.29) is 5.60 Å². The molecule has 2 fully saturated rings. The normalized spacial score (nSPS) is 28.9. The Hall–Kier alpha value is -0.380. The van der Waals surface area contributed by atoms with Gasteiger partial charge in [0.05, 0.1) is 5.60 Å². The first-order chi connectivity index (χ1) is 10.3. The Morgan fingerprint density at radius 1 is 1.29 bits per heavy atom. The van der Waals surface area contributed by atoms with Gasteiger partial charge in [0, 0.05) is 22.4 Å². The predicted molar refractivity (Wildman–Crippen MR) is 88.0 cm³/mol. The molecule has 1 aromatic rings. The molecule has 3 aliphatic rings. The van der Waals surface area contributed by atoms with Crippen LogP contribution >= 0.6 is 11.3 Å². The molecule has 1 aliphatic heterocycles. The zero-order chi connectivity index (χ0) is 14.3. The van der Waals surface area contributed by atoms with Gasteiger partial charge in [0.15, 0.2) is 0 Å². The Bertz CT molecular complexity index is 482. The van der Waals surface area contributed by atoms with E-state index < -0.39 is 0 Å². The third-order valence-corrected chi connectivity index (χ3v) is 7.22. The van der Waals surface area contributed by atoms with E-state index in [0.29, 0.717) is 6.04 Å². The average Bonchev–Trinajstić information content (AvgIpc) is 3.16. The van der Waals surface area contributed by atoms with Gasteiger partial charge in [0.25, 0.3) is 0 Å². The van der Waals surface area contributed by atoms with E-state index in [4.69, 9.17) is 4.74 Å². The monoisotopic (exact) mass is 305 g/mol. The highest BCUT2D eigenvalue weighted by Crippen LogP contribution is 2.46. The molecule has 4 rings (SSSR count). The van der Waals surface area contributed by atoms with E-state index >= 15 is 0 Å². The number of hydrogen-bond acceptors (Lipinski definition) is 3. The number of rotatable bonds is 3. The molecule has 0 amide bonds. The lowest BCUT2D eigenvalue weighted by Gasteiger charge is -2.41. The van der Waals surface area contributed by atoms with Crippen molar-refractivity contribution in [3.63, 3.8) is 0 Å². The summed E-state index contributed by atoms with van der Waals surface area (Å²) in [5.74, 6) is 0.751. The van der Waals surface area contributed by atoms with Crippen molar-refractivity contribution in [1.29, 1.82) is 0 Å². The van der Waals surface area contributed by atoms with Gasteiger partial charge in [-0.3, -0.25) is 0 Å². The Labute approximate surface area is 132 Å². The van der Waals surface area contributed by atoms with E-state index in [1.807, 2.05) is 0 Å². The molecule has 1 aromatic heterocycles. The summed E-state index contributed by atoms with van der Waals surface area (Å²) in [5, 5.41) is 3.64. The number of thiophene rings is 1. The van der Waals surface area contributed by atoms with Crippen LogP contribution in [0.2, 0.25) is 0 Å². The van der Waals surface area contributed by atoms with E-state index in [1.54, 1.807) is 15.3 Å². The molecule has 2 nitrogen and oxygen atoms in total. The molecule has 3 heteroatoms. The second-order valence-corrected chi connectivity index (χ2v) is 8.38. The smallest absolute Gasteiger partial charge is 0.0686 e. The Morgan fingerprint density at radius 2 is 2.14 bits per heavy atom. The van der Waals surface area contributed by atoms with Crippen LogP contribution in [0.25, 0.3) is 0 Å². The standard InChI is InChI=1S/C18H27NOS/c1-19-17(16-11-13-5-4-6-15(13)21-16)14-7-10-20-18(12-14)8-2-3-9-18/h11,14,17,19H,2-10,12H2,1H3. The van der Waals surface area contributed by atoms with Gasteiger partial charge in [-0.05, 0) is 69.5 Å². The van der Waals surface area contributed by atoms with Crippen LogP contribution in [0, 0.1) is 5.92 Å². The lowest BCUT2D eigenvalue weighted by Crippen LogP contribution is -2.41. The van der Waals surface area contributed by atoms with Crippen molar-refractivity contribution in [2.45, 2.75) is 69.4 Å². The molecule has 1 saturated carbocycles. The fourth-order valence-electron chi connectivity index (χ4n) is 4.83. The molecule has 1 saturated heterocycles. The molecule has 2 unspecified atom stereocenters. The van der Waals surface area contributed by atoms with E-state index in [1.165, 1.54) is 57.8 Å². The molecular formula is C18H27NOS. The van der Waals surface area contributed by atoms with E-state index in [0.717, 1.165) is 12.5 Å². The number of fused-ring (bicyclic) bond motifs is 1. The fourth-order valence-corrected chi connectivity index (χ4v) is 6.29. The van der Waals surface area contributed by atoms with Crippen molar-refractivity contribution in [2.75, 3.05) is 13.7 Å². The average molecular weight is 305 g/mol. The number of hydrogen-bond donors (Lipinski definition) is 1. The lowest BCUT2D eigenvalue weighted by molar-refractivity contribution is -0.0977. The molecule has 1 N–H and O–H groups in total. The Morgan fingerprint density at radius 3 is 2.90 bits per heavy atom. The van der Waals surface area contributed by atoms with Crippen LogP contribution in [-0.4, -0.2) is 19.3 Å². The van der Waals surface area contributed by atoms with Crippen molar-refractivity contribution in [1.82, 2.24) is 5.32 Å². The maximum absolute atomic E-state index is 6.22. The maximum atomic E-state index is 6.22. The minimum Gasteiger partial charge on any atom is -0.375 e. The maximum Gasteiger partial charge on any atom is 0.0686 e. The van der Waals surface area contributed by atoms with Crippen LogP contribution in [-0.2, 0) is 17.6 Å². The van der Waals surface area contributed by atoms with Gasteiger partial charge in [0.2, 0.25) is 0 Å². The third-order valence-electron chi connectivity index (χ3n) is 5.90. The van der Waals surface area contributed by atoms with Crippen molar-refractivity contribution in [3.05, 3.63) is 21.4 Å². The Kier molecular flexibility index (Phi) is 3.85. The molecule has 0 radical (unpaired) electrons. The SMILES string of the molecule is CNC(c1cc2c(s1)CCC2)C1CCOC2(CCCC2)C1. The molecule has 0 aromatic carbocycles. The largest absolute Gasteiger partial charge is 0.375 e. The first-order valence-electron chi connectivity index (χ1n) is 8.72. The van der Waals surface area contributed by atoms with Crippen LogP contribution in [0.5, 0.6) is 0 Å². The van der Waals surface area contributed by atoms with Crippen molar-refractivity contribution in [2.24, 2.45) is 5.92 Å². The molecular weight excluding hydrogens is 278 g/mol. The first-order valence-corrected chi connectivity index (χ1v) is 9.54. The highest BCUT2D eigenvalue weighted by Gasteiger charge is 2.42. The van der Waals surface area contributed by atoms with Crippen LogP contribution in [0.3, 0.4) is 0 Å². The fraction of sp³-hybridized carbons (Fsp3) is 0.778. The topological polar surface area (TPSA) is 21.3 Å². The van der Waals surface area contributed by atoms with Gasteiger partial charge in [-0.25, -0.2) is 0 Å². The molecule has 116 valence electrons. The minimum absolute atomic E-state index is 0.234. The summed E-state index contributed by atoms with van der Waals surface area (Å²) < 4.78 is 6.22. The van der Waals surface area contributed by atoms with Gasteiger partial charge in [-0.15, -0.1) is 11.3 Å². The van der Waals surface area contributed by atoms with Gasteiger partial charge >= 0.3 is 0 Å². The molecule has 21 heavy (non-hydrogen) atoms. The summed E-state index contributed by atoms with van der Waals surface area (Å²) in [6.07, 6.45) is 11.8. The van der Waals surface area contributed by atoms with Gasteiger partial charge < -0.3 is 10.1 Å². The quantitative estimate of drug-likeness (QED) is 0.902. The van der Waals surface area contributed by atoms with E-state index in [9.17, 15) is 0 Å². The van der Waals surface area contributed by atoms with Crippen LogP contribution in [0.15, 0.2) is 6.07 Å². The second-order valence-electron chi connectivity index (χ2n) is 7.21. The second kappa shape index (κ2) is 5.68. The molecule has 2 aliphatic carbocycles. The lowest BCUT2D eigenvalue weighted by atomic mass is 9.80. The summed E-state index contributed by atoms with van der Waals surface area (Å²) in [6.45, 7) is 0.966. The van der Waals surface area contributed by atoms with Gasteiger partial charge in [0.1, 0.15) is 0 Å². The highest BCUT2D eigenvalue weighted by molar-refractivity contribution is 7.12. The zero-order valence-corrected chi connectivity index (χ0v) is 13.9. The van der Waals surface area contributed by atoms with Crippen LogP contribution in [0.1, 0.15) is 66.3 Å². The van der Waals surface area contributed by atoms with Crippen molar-refractivity contribution >= 4 is 11.3 Å². The third kappa shape index (κ3) is 2.58. The summed E-state index contributed by atoms with van der Waals surface area (Å²) in [6, 6.07) is 3.05. The molecule has 1 spiro atoms. The van der Waals surface area contributed by atoms with Crippen molar-refractivity contribution in [3.8, 4) is 0 Å². The van der Waals surface area contributed by atoms with Crippen molar-refractivity contribution < 1.29 is 4.74 Å². The number of ether oxygens (including phenoxy) is 1. The first kappa shape index (κ1) is 14.2. The predicted octanol–water partition coefficient (Wildman–Crippen LogP) is 4.24. The Balaban J connectivity index is 1.54. The summed E-state index contributed by atoms with van der Waals surface area (Å²) in [5.41, 5.74) is 1.87. The number of nitrogens with one attached hydrogen (secondary N) is 1. The zero-order valence-electron chi connectivity index (χ0n) is 13.1. The van der Waals surface area contributed by atoms with Gasteiger partial charge in [-0.2, -0.15) is 0 Å². The summed E-state index contributed by atoms with van der Waals surface area (Å²) in [7, 11) is 2.15. The summed E-state index contributed by atoms with van der Waals surface area (Å²) in [4.78, 5) is 3.25. The molecule has 2 heterocycles. The van der Waals surface area contributed by atoms with Crippen LogP contribution < -0.4 is 5.32 Å². The van der Waals surface area contributed by atoms with Crippen LogP contribution in [0.4, 0.5) is 0 Å². The summed E-state index contributed by atoms with van der Waals surface area (Å²) >= 11 is 2.08. The minimum atomic E-state index is 0.234. The molecule has 2 atom stereocenters. The molecule has 0 bridgehead atoms. The highest BCUT2D eigenvalue weighted by atomic mass is 32.1. The van der Waals surface area contributed by atoms with Gasteiger partial charge in [-0.1, -0.05) is 12.8 Å². The number of aryl methyl sites for hydroxylation is 2. The van der Waals surface area contributed by atoms with E-state index in [2.05, 4.69) is 29.8 Å².